The van der Waals surface area contributed by atoms with Gasteiger partial charge in [-0.3, -0.25) is 4.79 Å². The molecule has 1 aromatic heterocycles. The molecule has 0 saturated heterocycles. The number of hydrogen-bond acceptors (Lipinski definition) is 6. The van der Waals surface area contributed by atoms with Gasteiger partial charge in [0.25, 0.3) is 0 Å². The van der Waals surface area contributed by atoms with E-state index in [0.29, 0.717) is 5.16 Å². The number of fused-ring (bicyclic) bond motifs is 1. The van der Waals surface area contributed by atoms with Crippen LogP contribution in [0.2, 0.25) is 0 Å². The highest BCUT2D eigenvalue weighted by atomic mass is 32.2. The van der Waals surface area contributed by atoms with Crippen LogP contribution >= 0.6 is 11.8 Å². The molecule has 8 heteroatoms. The average Bonchev–Trinajstić information content (AvgIpc) is 3.16. The maximum absolute atomic E-state index is 13.2. The molecule has 1 aliphatic rings. The van der Waals surface area contributed by atoms with Crippen LogP contribution in [0.4, 0.5) is 5.69 Å². The molecule has 4 rings (SSSR count). The lowest BCUT2D eigenvalue weighted by atomic mass is 10.0. The van der Waals surface area contributed by atoms with E-state index in [9.17, 15) is 4.79 Å². The van der Waals surface area contributed by atoms with E-state index in [1.54, 1.807) is 7.11 Å². The van der Waals surface area contributed by atoms with Crippen molar-refractivity contribution in [2.45, 2.75) is 36.2 Å². The average molecular weight is 410 g/mol. The summed E-state index contributed by atoms with van der Waals surface area (Å²) in [7, 11) is 1.64. The smallest absolute Gasteiger partial charge is 0.240 e. The second-order valence-corrected chi connectivity index (χ2v) is 7.87. The van der Waals surface area contributed by atoms with Crippen molar-refractivity contribution in [1.82, 2.24) is 14.9 Å². The minimum Gasteiger partial charge on any atom is -0.497 e. The third-order valence-electron chi connectivity index (χ3n) is 4.75. The lowest BCUT2D eigenvalue weighted by Gasteiger charge is -2.33. The summed E-state index contributed by atoms with van der Waals surface area (Å²) in [6.45, 7) is 2.11. The van der Waals surface area contributed by atoms with Crippen molar-refractivity contribution in [3.05, 3.63) is 66.0 Å². The topological polar surface area (TPSA) is 81.1 Å². The van der Waals surface area contributed by atoms with E-state index in [2.05, 4.69) is 27.9 Å². The highest BCUT2D eigenvalue weighted by Crippen LogP contribution is 2.38. The number of thioether (sulfide) groups is 1. The predicted octanol–water partition coefficient (Wildman–Crippen LogP) is 3.64. The molecule has 0 fully saturated rings. The molecular weight excluding hydrogens is 386 g/mol. The second-order valence-electron chi connectivity index (χ2n) is 6.76. The highest BCUT2D eigenvalue weighted by molar-refractivity contribution is 8.00. The summed E-state index contributed by atoms with van der Waals surface area (Å²) in [5, 5.41) is 11.9. The Morgan fingerprint density at radius 2 is 1.93 bits per heavy atom. The largest absolute Gasteiger partial charge is 0.497 e. The minimum atomic E-state index is -0.408. The standard InChI is InChI=1S/C21H23N5O2S/c1-3-7-17-23-24-21-26(17)25-18(14-10-12-16(28-2)13-11-14)19(29-21)20(27)22-15-8-5-4-6-9-15/h4-6,8-13,18-19,25H,3,7H2,1-2H3,(H,22,27)/t18-,19-/m1/s1. The van der Waals surface area contributed by atoms with Gasteiger partial charge >= 0.3 is 0 Å². The first-order chi connectivity index (χ1) is 14.2. The Balaban J connectivity index is 1.66. The van der Waals surface area contributed by atoms with Gasteiger partial charge < -0.3 is 15.5 Å². The van der Waals surface area contributed by atoms with Gasteiger partial charge in [0, 0.05) is 12.1 Å². The summed E-state index contributed by atoms with van der Waals surface area (Å²) in [5.41, 5.74) is 5.23. The van der Waals surface area contributed by atoms with Crippen LogP contribution in [0.25, 0.3) is 0 Å². The fourth-order valence-electron chi connectivity index (χ4n) is 3.28. The number of nitrogens with zero attached hydrogens (tertiary/aromatic N) is 3. The number of ether oxygens (including phenoxy) is 1. The van der Waals surface area contributed by atoms with Crippen molar-refractivity contribution in [3.63, 3.8) is 0 Å². The third kappa shape index (κ3) is 4.07. The maximum atomic E-state index is 13.2. The quantitative estimate of drug-likeness (QED) is 0.647. The van der Waals surface area contributed by atoms with Crippen molar-refractivity contribution in [3.8, 4) is 5.75 Å². The van der Waals surface area contributed by atoms with Crippen LogP contribution in [0.3, 0.4) is 0 Å². The summed E-state index contributed by atoms with van der Waals surface area (Å²) in [5.74, 6) is 1.57. The van der Waals surface area contributed by atoms with Gasteiger partial charge in [-0.15, -0.1) is 10.2 Å². The van der Waals surface area contributed by atoms with Gasteiger partial charge in [-0.2, -0.15) is 0 Å². The Morgan fingerprint density at radius 3 is 2.62 bits per heavy atom. The zero-order valence-electron chi connectivity index (χ0n) is 16.3. The number of carbonyl (C=O) groups is 1. The molecule has 0 spiro atoms. The van der Waals surface area contributed by atoms with Gasteiger partial charge in [0.1, 0.15) is 11.0 Å². The number of carbonyl (C=O) groups excluding carboxylic acids is 1. The number of amides is 1. The van der Waals surface area contributed by atoms with Crippen LogP contribution in [0.5, 0.6) is 5.75 Å². The molecule has 2 aromatic carbocycles. The van der Waals surface area contributed by atoms with Crippen molar-refractivity contribution < 1.29 is 9.53 Å². The minimum absolute atomic E-state index is 0.0826. The molecule has 2 heterocycles. The van der Waals surface area contributed by atoms with Crippen LogP contribution in [0.1, 0.15) is 30.8 Å². The molecule has 2 atom stereocenters. The van der Waals surface area contributed by atoms with Crippen LogP contribution in [0, 0.1) is 0 Å². The fraction of sp³-hybridized carbons (Fsp3) is 0.286. The summed E-state index contributed by atoms with van der Waals surface area (Å²) in [6, 6.07) is 17.0. The van der Waals surface area contributed by atoms with E-state index in [1.165, 1.54) is 11.8 Å². The zero-order chi connectivity index (χ0) is 20.2. The van der Waals surface area contributed by atoms with Crippen LogP contribution in [0.15, 0.2) is 59.8 Å². The van der Waals surface area contributed by atoms with E-state index < -0.39 is 5.25 Å². The molecule has 2 N–H and O–H groups in total. The Kier molecular flexibility index (Phi) is 5.71. The monoisotopic (exact) mass is 409 g/mol. The summed E-state index contributed by atoms with van der Waals surface area (Å²) in [6.07, 6.45) is 1.78. The van der Waals surface area contributed by atoms with Crippen molar-refractivity contribution in [1.29, 1.82) is 0 Å². The second kappa shape index (κ2) is 8.57. The lowest BCUT2D eigenvalue weighted by Crippen LogP contribution is -2.41. The molecule has 7 nitrogen and oxygen atoms in total. The molecule has 0 unspecified atom stereocenters. The predicted molar refractivity (Wildman–Crippen MR) is 114 cm³/mol. The van der Waals surface area contributed by atoms with E-state index >= 15 is 0 Å². The van der Waals surface area contributed by atoms with Gasteiger partial charge in [0.2, 0.25) is 11.1 Å². The van der Waals surface area contributed by atoms with E-state index in [4.69, 9.17) is 4.74 Å². The maximum Gasteiger partial charge on any atom is 0.240 e. The number of rotatable bonds is 6. The van der Waals surface area contributed by atoms with E-state index in [0.717, 1.165) is 35.7 Å². The van der Waals surface area contributed by atoms with Crippen molar-refractivity contribution >= 4 is 23.4 Å². The fourth-order valence-corrected chi connectivity index (χ4v) is 4.38. The van der Waals surface area contributed by atoms with Gasteiger partial charge in [-0.25, -0.2) is 4.68 Å². The van der Waals surface area contributed by atoms with Gasteiger partial charge in [-0.05, 0) is 36.2 Å². The summed E-state index contributed by atoms with van der Waals surface area (Å²) < 4.78 is 7.19. The zero-order valence-corrected chi connectivity index (χ0v) is 17.1. The van der Waals surface area contributed by atoms with Crippen molar-refractivity contribution in [2.24, 2.45) is 0 Å². The number of para-hydroxylation sites is 1. The Morgan fingerprint density at radius 1 is 1.17 bits per heavy atom. The molecule has 1 aliphatic heterocycles. The van der Waals surface area contributed by atoms with E-state index in [1.807, 2.05) is 59.3 Å². The molecule has 3 aromatic rings. The first-order valence-electron chi connectivity index (χ1n) is 9.57. The van der Waals surface area contributed by atoms with Crippen LogP contribution in [-0.2, 0) is 11.2 Å². The number of hydrogen-bond donors (Lipinski definition) is 2. The molecule has 29 heavy (non-hydrogen) atoms. The van der Waals surface area contributed by atoms with Crippen LogP contribution < -0.4 is 15.5 Å². The number of aromatic nitrogens is 3. The number of methoxy groups -OCH3 is 1. The van der Waals surface area contributed by atoms with Crippen LogP contribution in [-0.4, -0.2) is 33.1 Å². The Labute approximate surface area is 173 Å². The Bertz CT molecular complexity index is 974. The number of nitrogens with one attached hydrogen (secondary N) is 2. The molecule has 150 valence electrons. The molecule has 1 amide bonds. The lowest BCUT2D eigenvalue weighted by molar-refractivity contribution is -0.116. The van der Waals surface area contributed by atoms with Gasteiger partial charge in [0.05, 0.1) is 13.2 Å². The molecule has 0 saturated carbocycles. The first-order valence-corrected chi connectivity index (χ1v) is 10.4. The number of anilines is 1. The Hall–Kier alpha value is -3.00. The van der Waals surface area contributed by atoms with Gasteiger partial charge in [0.15, 0.2) is 5.82 Å². The molecule has 0 bridgehead atoms. The summed E-state index contributed by atoms with van der Waals surface area (Å²) in [4.78, 5) is 13.2. The van der Waals surface area contributed by atoms with Crippen molar-refractivity contribution in [2.75, 3.05) is 17.9 Å². The number of benzene rings is 2. The highest BCUT2D eigenvalue weighted by Gasteiger charge is 2.37. The first kappa shape index (κ1) is 19.3. The molecule has 0 radical (unpaired) electrons. The SMILES string of the molecule is CCCc1nnc2n1N[C@H](c1ccc(OC)cc1)[C@H](C(=O)Nc1ccccc1)S2. The number of aryl methyl sites for hydroxylation is 1. The molecule has 0 aliphatic carbocycles. The molecular formula is C21H23N5O2S. The van der Waals surface area contributed by atoms with E-state index in [-0.39, 0.29) is 11.9 Å². The van der Waals surface area contributed by atoms with Gasteiger partial charge in [-0.1, -0.05) is 49.0 Å². The third-order valence-corrected chi connectivity index (χ3v) is 5.97. The summed E-state index contributed by atoms with van der Waals surface area (Å²) >= 11 is 1.43. The normalized spacial score (nSPS) is 17.9.